The lowest BCUT2D eigenvalue weighted by Crippen LogP contribution is -2.35. The quantitative estimate of drug-likeness (QED) is 0.889. The maximum absolute atomic E-state index is 13.7. The Morgan fingerprint density at radius 1 is 1.53 bits per heavy atom. The molecule has 1 aromatic carbocycles. The minimum absolute atomic E-state index is 0. The van der Waals surface area contributed by atoms with Crippen molar-refractivity contribution in [3.8, 4) is 5.75 Å². The highest BCUT2D eigenvalue weighted by Crippen LogP contribution is 2.25. The maximum Gasteiger partial charge on any atom is 0.407 e. The molecule has 1 atom stereocenters. The Balaban J connectivity index is 0.00000144. The summed E-state index contributed by atoms with van der Waals surface area (Å²) in [6.45, 7) is 0.308. The van der Waals surface area contributed by atoms with E-state index in [0.717, 1.165) is 0 Å². The standard InChI is InChI=1S/C11H12FNO3.ClH/c1-15-7-2-3-8(9(12)6-7)10-4-5-16-11(14)13-10;/h2-3,6,10H,4-5H2,1H3,(H,13,14);1H/t10-;/m1./s1. The molecule has 1 saturated heterocycles. The van der Waals surface area contributed by atoms with Crippen molar-refractivity contribution in [2.75, 3.05) is 13.7 Å². The summed E-state index contributed by atoms with van der Waals surface area (Å²) in [5, 5.41) is 2.57. The molecule has 1 aromatic rings. The van der Waals surface area contributed by atoms with E-state index in [1.165, 1.54) is 13.2 Å². The highest BCUT2D eigenvalue weighted by Gasteiger charge is 2.23. The number of carbonyl (C=O) groups excluding carboxylic acids is 1. The number of cyclic esters (lactones) is 1. The normalized spacial score (nSPS) is 18.7. The van der Waals surface area contributed by atoms with Gasteiger partial charge in [0.05, 0.1) is 19.8 Å². The summed E-state index contributed by atoms with van der Waals surface area (Å²) in [6.07, 6.45) is 0.0566. The molecule has 0 saturated carbocycles. The van der Waals surface area contributed by atoms with E-state index in [-0.39, 0.29) is 24.3 Å². The molecule has 0 bridgehead atoms. The van der Waals surface area contributed by atoms with Gasteiger partial charge in [-0.15, -0.1) is 12.4 Å². The number of hydrogen-bond donors (Lipinski definition) is 1. The van der Waals surface area contributed by atoms with E-state index in [1.54, 1.807) is 12.1 Å². The first-order valence-electron chi connectivity index (χ1n) is 4.97. The first-order chi connectivity index (χ1) is 7.70. The number of hydrogen-bond acceptors (Lipinski definition) is 3. The largest absolute Gasteiger partial charge is 0.497 e. The number of methoxy groups -OCH3 is 1. The van der Waals surface area contributed by atoms with Crippen molar-refractivity contribution < 1.29 is 18.7 Å². The van der Waals surface area contributed by atoms with Crippen molar-refractivity contribution in [2.24, 2.45) is 0 Å². The molecule has 1 fully saturated rings. The zero-order valence-corrected chi connectivity index (χ0v) is 10.1. The molecule has 1 aliphatic heterocycles. The van der Waals surface area contributed by atoms with Crippen LogP contribution in [-0.2, 0) is 4.74 Å². The molecule has 1 heterocycles. The molecule has 1 aliphatic rings. The zero-order chi connectivity index (χ0) is 11.5. The fourth-order valence-electron chi connectivity index (χ4n) is 1.68. The third-order valence-electron chi connectivity index (χ3n) is 2.51. The van der Waals surface area contributed by atoms with Gasteiger partial charge in [-0.2, -0.15) is 0 Å². The Kier molecular flexibility index (Phi) is 4.57. The molecule has 2 rings (SSSR count). The molecular formula is C11H13ClFNO3. The van der Waals surface area contributed by atoms with Crippen molar-refractivity contribution >= 4 is 18.5 Å². The van der Waals surface area contributed by atoms with Crippen molar-refractivity contribution in [3.05, 3.63) is 29.6 Å². The second-order valence-corrected chi connectivity index (χ2v) is 3.51. The van der Waals surface area contributed by atoms with Crippen LogP contribution in [0.25, 0.3) is 0 Å². The summed E-state index contributed by atoms with van der Waals surface area (Å²) >= 11 is 0. The van der Waals surface area contributed by atoms with Gasteiger partial charge in [-0.25, -0.2) is 9.18 Å². The molecule has 17 heavy (non-hydrogen) atoms. The summed E-state index contributed by atoms with van der Waals surface area (Å²) < 4.78 is 23.3. The topological polar surface area (TPSA) is 47.6 Å². The summed E-state index contributed by atoms with van der Waals surface area (Å²) in [4.78, 5) is 11.0. The molecule has 1 amide bonds. The van der Waals surface area contributed by atoms with Gasteiger partial charge in [-0.05, 0) is 6.07 Å². The summed E-state index contributed by atoms with van der Waals surface area (Å²) in [7, 11) is 1.48. The Hall–Kier alpha value is -1.49. The number of halogens is 2. The molecule has 1 N–H and O–H groups in total. The Labute approximate surface area is 105 Å². The summed E-state index contributed by atoms with van der Waals surface area (Å²) in [5.74, 6) is 0.0752. The van der Waals surface area contributed by atoms with E-state index in [2.05, 4.69) is 5.32 Å². The minimum atomic E-state index is -0.508. The monoisotopic (exact) mass is 261 g/mol. The lowest BCUT2D eigenvalue weighted by Gasteiger charge is -2.24. The van der Waals surface area contributed by atoms with Crippen LogP contribution in [0.3, 0.4) is 0 Å². The van der Waals surface area contributed by atoms with E-state index in [0.29, 0.717) is 24.3 Å². The fraction of sp³-hybridized carbons (Fsp3) is 0.364. The third-order valence-corrected chi connectivity index (χ3v) is 2.51. The van der Waals surface area contributed by atoms with Gasteiger partial charge in [0.15, 0.2) is 0 Å². The van der Waals surface area contributed by atoms with Crippen molar-refractivity contribution in [1.82, 2.24) is 5.32 Å². The van der Waals surface area contributed by atoms with Gasteiger partial charge in [0.25, 0.3) is 0 Å². The zero-order valence-electron chi connectivity index (χ0n) is 9.23. The van der Waals surface area contributed by atoms with Crippen LogP contribution >= 0.6 is 12.4 Å². The van der Waals surface area contributed by atoms with Crippen LogP contribution in [0.1, 0.15) is 18.0 Å². The van der Waals surface area contributed by atoms with Gasteiger partial charge in [0.2, 0.25) is 0 Å². The van der Waals surface area contributed by atoms with Crippen LogP contribution in [0.4, 0.5) is 9.18 Å². The van der Waals surface area contributed by atoms with Crippen LogP contribution in [0, 0.1) is 5.82 Å². The first-order valence-corrected chi connectivity index (χ1v) is 4.97. The average molecular weight is 262 g/mol. The second-order valence-electron chi connectivity index (χ2n) is 3.51. The number of carbonyl (C=O) groups is 1. The fourth-order valence-corrected chi connectivity index (χ4v) is 1.68. The maximum atomic E-state index is 13.7. The number of alkyl carbamates (subject to hydrolysis) is 1. The summed E-state index contributed by atoms with van der Waals surface area (Å²) in [6, 6.07) is 4.26. The van der Waals surface area contributed by atoms with E-state index in [1.807, 2.05) is 0 Å². The lowest BCUT2D eigenvalue weighted by molar-refractivity contribution is 0.115. The first kappa shape index (κ1) is 13.6. The third kappa shape index (κ3) is 3.00. The van der Waals surface area contributed by atoms with E-state index < -0.39 is 6.09 Å². The Morgan fingerprint density at radius 2 is 2.29 bits per heavy atom. The number of nitrogens with one attached hydrogen (secondary N) is 1. The highest BCUT2D eigenvalue weighted by molar-refractivity contribution is 5.85. The second kappa shape index (κ2) is 5.72. The van der Waals surface area contributed by atoms with Gasteiger partial charge in [0.1, 0.15) is 11.6 Å². The van der Waals surface area contributed by atoms with E-state index in [9.17, 15) is 9.18 Å². The number of ether oxygens (including phenoxy) is 2. The van der Waals surface area contributed by atoms with E-state index in [4.69, 9.17) is 9.47 Å². The van der Waals surface area contributed by atoms with Gasteiger partial charge in [-0.1, -0.05) is 6.07 Å². The number of rotatable bonds is 2. The molecule has 6 heteroatoms. The number of amides is 1. The SMILES string of the molecule is COc1ccc([C@H]2CCOC(=O)N2)c(F)c1.Cl. The van der Waals surface area contributed by atoms with Crippen LogP contribution < -0.4 is 10.1 Å². The van der Waals surface area contributed by atoms with Crippen LogP contribution in [0.2, 0.25) is 0 Å². The molecule has 4 nitrogen and oxygen atoms in total. The van der Waals surface area contributed by atoms with Gasteiger partial charge in [0, 0.05) is 18.1 Å². The highest BCUT2D eigenvalue weighted by atomic mass is 35.5. The van der Waals surface area contributed by atoms with Crippen molar-refractivity contribution in [1.29, 1.82) is 0 Å². The van der Waals surface area contributed by atoms with E-state index >= 15 is 0 Å². The molecule has 94 valence electrons. The molecule has 0 radical (unpaired) electrons. The molecule has 0 unspecified atom stereocenters. The summed E-state index contributed by atoms with van der Waals surface area (Å²) in [5.41, 5.74) is 0.456. The van der Waals surface area contributed by atoms with Crippen LogP contribution in [-0.4, -0.2) is 19.8 Å². The molecular weight excluding hydrogens is 249 g/mol. The molecule has 0 spiro atoms. The minimum Gasteiger partial charge on any atom is -0.497 e. The predicted octanol–water partition coefficient (Wildman–Crippen LogP) is 2.43. The Bertz CT molecular complexity index is 414. The molecule has 0 aliphatic carbocycles. The smallest absolute Gasteiger partial charge is 0.407 e. The Morgan fingerprint density at radius 3 is 2.88 bits per heavy atom. The van der Waals surface area contributed by atoms with Gasteiger partial charge >= 0.3 is 6.09 Å². The predicted molar refractivity (Wildman–Crippen MR) is 62.0 cm³/mol. The van der Waals surface area contributed by atoms with Crippen LogP contribution in [0.5, 0.6) is 5.75 Å². The number of benzene rings is 1. The van der Waals surface area contributed by atoms with Crippen molar-refractivity contribution in [2.45, 2.75) is 12.5 Å². The van der Waals surface area contributed by atoms with Gasteiger partial charge < -0.3 is 14.8 Å². The van der Waals surface area contributed by atoms with Crippen LogP contribution in [0.15, 0.2) is 18.2 Å². The average Bonchev–Trinajstić information content (AvgIpc) is 2.28. The van der Waals surface area contributed by atoms with Gasteiger partial charge in [-0.3, -0.25) is 0 Å². The lowest BCUT2D eigenvalue weighted by atomic mass is 10.0. The molecule has 0 aromatic heterocycles. The van der Waals surface area contributed by atoms with Crippen molar-refractivity contribution in [3.63, 3.8) is 0 Å².